The molecule has 0 bridgehead atoms. The van der Waals surface area contributed by atoms with Crippen molar-refractivity contribution in [3.05, 3.63) is 48.0 Å². The minimum Gasteiger partial charge on any atom is -0.325 e. The molecule has 0 radical (unpaired) electrons. The van der Waals surface area contributed by atoms with Gasteiger partial charge in [0.1, 0.15) is 6.54 Å². The zero-order valence-electron chi connectivity index (χ0n) is 19.3. The van der Waals surface area contributed by atoms with Crippen molar-refractivity contribution in [1.82, 2.24) is 0 Å². The van der Waals surface area contributed by atoms with Gasteiger partial charge >= 0.3 is 0 Å². The average molecular weight is 387 g/mol. The molecule has 0 atom stereocenters. The highest BCUT2D eigenvalue weighted by atomic mass is 15.3. The van der Waals surface area contributed by atoms with E-state index in [1.807, 2.05) is 0 Å². The van der Waals surface area contributed by atoms with E-state index in [1.54, 1.807) is 0 Å². The smallest absolute Gasteiger partial charge is 0.104 e. The molecule has 1 aromatic rings. The molecule has 0 unspecified atom stereocenters. The Bertz CT molecular complexity index is 474. The first-order valence-electron chi connectivity index (χ1n) is 12.1. The van der Waals surface area contributed by atoms with E-state index in [4.69, 9.17) is 0 Å². The van der Waals surface area contributed by atoms with Crippen LogP contribution in [0.25, 0.3) is 0 Å². The van der Waals surface area contributed by atoms with E-state index >= 15 is 0 Å². The molecule has 1 rings (SSSR count). The lowest BCUT2D eigenvalue weighted by Crippen LogP contribution is -2.39. The minimum absolute atomic E-state index is 1.10. The third kappa shape index (κ3) is 14.9. The molecule has 160 valence electrons. The fraction of sp³-hybridized carbons (Fsp3) is 0.704. The van der Waals surface area contributed by atoms with Crippen molar-refractivity contribution in [3.8, 4) is 0 Å². The first-order chi connectivity index (χ1) is 13.6. The standard InChI is InChI=1S/C27H48N/c1-4-5-6-7-8-9-10-11-12-13-14-15-16-17-18-22-25-28(2,3)26-27-23-20-19-21-24-27/h11-12,19-21,23-24H,4-10,13-18,22,25-26H2,1-3H3/q+1/b12-11+. The minimum atomic E-state index is 1.10. The summed E-state index contributed by atoms with van der Waals surface area (Å²) in [6, 6.07) is 10.9. The van der Waals surface area contributed by atoms with Gasteiger partial charge in [0, 0.05) is 5.56 Å². The zero-order valence-corrected chi connectivity index (χ0v) is 19.3. The van der Waals surface area contributed by atoms with Crippen LogP contribution in [0.15, 0.2) is 42.5 Å². The number of benzene rings is 1. The second-order valence-electron chi connectivity index (χ2n) is 9.24. The van der Waals surface area contributed by atoms with Crippen LogP contribution in [0.3, 0.4) is 0 Å². The van der Waals surface area contributed by atoms with Crippen LogP contribution >= 0.6 is 0 Å². The zero-order chi connectivity index (χ0) is 20.3. The van der Waals surface area contributed by atoms with E-state index in [1.165, 1.54) is 102 Å². The van der Waals surface area contributed by atoms with E-state index in [2.05, 4.69) is 63.5 Å². The molecule has 0 aliphatic heterocycles. The summed E-state index contributed by atoms with van der Waals surface area (Å²) in [6.07, 6.45) is 24.2. The monoisotopic (exact) mass is 386 g/mol. The molecule has 1 nitrogen and oxygen atoms in total. The van der Waals surface area contributed by atoms with Crippen molar-refractivity contribution in [1.29, 1.82) is 0 Å². The summed E-state index contributed by atoms with van der Waals surface area (Å²) in [4.78, 5) is 0. The molecule has 0 saturated carbocycles. The SMILES string of the molecule is CCCCCCCC/C=C/CCCCCCCC[N+](C)(C)Cc1ccccc1. The van der Waals surface area contributed by atoms with Gasteiger partial charge in [-0.2, -0.15) is 0 Å². The van der Waals surface area contributed by atoms with E-state index in [0.29, 0.717) is 0 Å². The molecule has 0 fully saturated rings. The Morgan fingerprint density at radius 1 is 0.643 bits per heavy atom. The molecule has 1 heteroatoms. The molecule has 0 aliphatic rings. The van der Waals surface area contributed by atoms with Gasteiger partial charge in [-0.25, -0.2) is 0 Å². The number of nitrogens with zero attached hydrogens (tertiary/aromatic N) is 1. The lowest BCUT2D eigenvalue weighted by atomic mass is 10.1. The Morgan fingerprint density at radius 2 is 1.14 bits per heavy atom. The summed E-state index contributed by atoms with van der Waals surface area (Å²) in [7, 11) is 4.73. The van der Waals surface area contributed by atoms with Crippen LogP contribution in [0.5, 0.6) is 0 Å². The molecule has 0 spiro atoms. The van der Waals surface area contributed by atoms with Crippen molar-refractivity contribution in [2.24, 2.45) is 0 Å². The van der Waals surface area contributed by atoms with Crippen LogP contribution in [-0.4, -0.2) is 25.1 Å². The maximum absolute atomic E-state index is 2.43. The van der Waals surface area contributed by atoms with Crippen LogP contribution < -0.4 is 0 Å². The quantitative estimate of drug-likeness (QED) is 0.135. The lowest BCUT2D eigenvalue weighted by Gasteiger charge is -2.30. The van der Waals surface area contributed by atoms with Crippen molar-refractivity contribution >= 4 is 0 Å². The molecule has 0 amide bonds. The second-order valence-corrected chi connectivity index (χ2v) is 9.24. The van der Waals surface area contributed by atoms with Gasteiger partial charge in [-0.1, -0.05) is 101 Å². The molecule has 0 heterocycles. The Labute approximate surface area is 176 Å². The van der Waals surface area contributed by atoms with Gasteiger partial charge in [0.25, 0.3) is 0 Å². The number of rotatable bonds is 18. The van der Waals surface area contributed by atoms with E-state index in [0.717, 1.165) is 11.0 Å². The highest BCUT2D eigenvalue weighted by Gasteiger charge is 2.14. The van der Waals surface area contributed by atoms with Gasteiger partial charge in [-0.05, 0) is 38.5 Å². The Kier molecular flexibility index (Phi) is 15.0. The molecular formula is C27H48N+. The van der Waals surface area contributed by atoms with Gasteiger partial charge in [-0.15, -0.1) is 0 Å². The maximum atomic E-state index is 2.43. The number of unbranched alkanes of at least 4 members (excludes halogenated alkanes) is 12. The third-order valence-corrected chi connectivity index (χ3v) is 5.73. The van der Waals surface area contributed by atoms with Gasteiger partial charge in [0.2, 0.25) is 0 Å². The summed E-state index contributed by atoms with van der Waals surface area (Å²) in [6.45, 7) is 4.72. The summed E-state index contributed by atoms with van der Waals surface area (Å²) in [5.41, 5.74) is 1.46. The molecule has 0 aromatic heterocycles. The van der Waals surface area contributed by atoms with Crippen LogP contribution in [-0.2, 0) is 6.54 Å². The molecule has 0 aliphatic carbocycles. The highest BCUT2D eigenvalue weighted by molar-refractivity contribution is 5.13. The van der Waals surface area contributed by atoms with Crippen LogP contribution in [0.2, 0.25) is 0 Å². The third-order valence-electron chi connectivity index (χ3n) is 5.73. The van der Waals surface area contributed by atoms with Crippen LogP contribution in [0, 0.1) is 0 Å². The van der Waals surface area contributed by atoms with Gasteiger partial charge in [0.15, 0.2) is 0 Å². The number of allylic oxidation sites excluding steroid dienone is 2. The largest absolute Gasteiger partial charge is 0.325 e. The summed E-state index contributed by atoms with van der Waals surface area (Å²) in [5, 5.41) is 0. The Hall–Kier alpha value is -1.08. The maximum Gasteiger partial charge on any atom is 0.104 e. The van der Waals surface area contributed by atoms with Crippen LogP contribution in [0.1, 0.15) is 102 Å². The number of hydrogen-bond donors (Lipinski definition) is 0. The van der Waals surface area contributed by atoms with Crippen molar-refractivity contribution in [2.45, 2.75) is 103 Å². The molecule has 28 heavy (non-hydrogen) atoms. The van der Waals surface area contributed by atoms with Gasteiger partial charge in [0.05, 0.1) is 20.6 Å². The molecule has 0 N–H and O–H groups in total. The van der Waals surface area contributed by atoms with E-state index in [-0.39, 0.29) is 0 Å². The van der Waals surface area contributed by atoms with Crippen molar-refractivity contribution < 1.29 is 4.48 Å². The normalized spacial score (nSPS) is 12.1. The summed E-state index contributed by atoms with van der Waals surface area (Å²) >= 11 is 0. The Balaban J connectivity index is 1.88. The first kappa shape index (κ1) is 25.0. The highest BCUT2D eigenvalue weighted by Crippen LogP contribution is 2.13. The lowest BCUT2D eigenvalue weighted by molar-refractivity contribution is -0.903. The topological polar surface area (TPSA) is 0 Å². The van der Waals surface area contributed by atoms with Crippen molar-refractivity contribution in [3.63, 3.8) is 0 Å². The van der Waals surface area contributed by atoms with Gasteiger partial charge < -0.3 is 4.48 Å². The molecule has 1 aromatic carbocycles. The molecule has 0 saturated heterocycles. The second kappa shape index (κ2) is 16.8. The fourth-order valence-corrected chi connectivity index (χ4v) is 3.94. The van der Waals surface area contributed by atoms with E-state index < -0.39 is 0 Å². The van der Waals surface area contributed by atoms with Crippen LogP contribution in [0.4, 0.5) is 0 Å². The predicted octanol–water partition coefficient (Wildman–Crippen LogP) is 8.30. The summed E-state index contributed by atoms with van der Waals surface area (Å²) in [5.74, 6) is 0. The van der Waals surface area contributed by atoms with Gasteiger partial charge in [-0.3, -0.25) is 0 Å². The predicted molar refractivity (Wildman–Crippen MR) is 127 cm³/mol. The van der Waals surface area contributed by atoms with Crippen molar-refractivity contribution in [2.75, 3.05) is 20.6 Å². The fourth-order valence-electron chi connectivity index (χ4n) is 3.94. The Morgan fingerprint density at radius 3 is 1.71 bits per heavy atom. The molecular weight excluding hydrogens is 338 g/mol. The average Bonchev–Trinajstić information content (AvgIpc) is 2.68. The van der Waals surface area contributed by atoms with E-state index in [9.17, 15) is 0 Å². The number of hydrogen-bond acceptors (Lipinski definition) is 0. The number of quaternary nitrogens is 1. The summed E-state index contributed by atoms with van der Waals surface area (Å²) < 4.78 is 1.10. The first-order valence-corrected chi connectivity index (χ1v) is 12.1.